The zero-order valence-corrected chi connectivity index (χ0v) is 16.1. The summed E-state index contributed by atoms with van der Waals surface area (Å²) in [4.78, 5) is 0. The summed E-state index contributed by atoms with van der Waals surface area (Å²) in [6.07, 6.45) is 2.77. The number of hydrogen-bond donors (Lipinski definition) is 0. The second kappa shape index (κ2) is 6.51. The molecular formula is C21H23ClN2O2. The second-order valence-electron chi connectivity index (χ2n) is 7.05. The highest BCUT2D eigenvalue weighted by Crippen LogP contribution is 2.48. The minimum atomic E-state index is -0.450. The molecule has 0 aliphatic carbocycles. The minimum absolute atomic E-state index is 0.145. The molecule has 4 rings (SSSR count). The average molecular weight is 371 g/mol. The Morgan fingerprint density at radius 1 is 1.27 bits per heavy atom. The summed E-state index contributed by atoms with van der Waals surface area (Å²) in [6, 6.07) is 14.1. The van der Waals surface area contributed by atoms with Crippen LogP contribution in [0.25, 0.3) is 0 Å². The lowest BCUT2D eigenvalue weighted by Gasteiger charge is -2.45. The lowest BCUT2D eigenvalue weighted by Crippen LogP contribution is -2.51. The van der Waals surface area contributed by atoms with Gasteiger partial charge in [0.15, 0.2) is 5.72 Å². The summed E-state index contributed by atoms with van der Waals surface area (Å²) in [5, 5.41) is 7.84. The molecule has 0 unspecified atom stereocenters. The van der Waals surface area contributed by atoms with Crippen LogP contribution in [0.1, 0.15) is 50.3 Å². The van der Waals surface area contributed by atoms with E-state index in [9.17, 15) is 0 Å². The number of halogens is 1. The Balaban J connectivity index is 1.75. The lowest BCUT2D eigenvalue weighted by molar-refractivity contribution is -0.111. The summed E-state index contributed by atoms with van der Waals surface area (Å²) in [5.41, 5.74) is 2.84. The van der Waals surface area contributed by atoms with Crippen molar-refractivity contribution in [2.75, 3.05) is 7.11 Å². The molecule has 0 aromatic heterocycles. The van der Waals surface area contributed by atoms with Gasteiger partial charge in [-0.1, -0.05) is 24.9 Å². The molecule has 0 saturated heterocycles. The molecule has 2 aromatic carbocycles. The van der Waals surface area contributed by atoms with Crippen molar-refractivity contribution >= 4 is 17.3 Å². The van der Waals surface area contributed by atoms with Gasteiger partial charge in [-0.25, -0.2) is 5.01 Å². The van der Waals surface area contributed by atoms with Crippen molar-refractivity contribution in [2.45, 2.75) is 44.9 Å². The first-order chi connectivity index (χ1) is 12.5. The standard InChI is InChI=1S/C21H23ClN2O2/c1-4-11-21(2)24-19(17-12-15(22)7-10-20(17)26-21)13-18(23-24)14-5-8-16(25-3)9-6-14/h5-10,12,19H,4,11,13H2,1-3H3/t19-,21-/m1/s1. The Labute approximate surface area is 159 Å². The number of ether oxygens (including phenoxy) is 2. The maximum absolute atomic E-state index is 6.39. The zero-order valence-electron chi connectivity index (χ0n) is 15.3. The molecule has 2 heterocycles. The van der Waals surface area contributed by atoms with Crippen molar-refractivity contribution in [2.24, 2.45) is 5.10 Å². The van der Waals surface area contributed by atoms with Gasteiger partial charge in [0, 0.05) is 23.4 Å². The summed E-state index contributed by atoms with van der Waals surface area (Å²) in [5.74, 6) is 1.76. The fourth-order valence-electron chi connectivity index (χ4n) is 3.93. The van der Waals surface area contributed by atoms with Crippen LogP contribution < -0.4 is 9.47 Å². The first kappa shape index (κ1) is 17.2. The largest absolute Gasteiger partial charge is 0.497 e. The van der Waals surface area contributed by atoms with Gasteiger partial charge in [0.25, 0.3) is 0 Å². The van der Waals surface area contributed by atoms with Crippen LogP contribution in [0.5, 0.6) is 11.5 Å². The van der Waals surface area contributed by atoms with Gasteiger partial charge in [-0.2, -0.15) is 5.10 Å². The third-order valence-electron chi connectivity index (χ3n) is 5.19. The summed E-state index contributed by atoms with van der Waals surface area (Å²) in [7, 11) is 1.68. The predicted octanol–water partition coefficient (Wildman–Crippen LogP) is 5.41. The van der Waals surface area contributed by atoms with Gasteiger partial charge in [-0.05, 0) is 55.0 Å². The minimum Gasteiger partial charge on any atom is -0.497 e. The molecule has 0 fully saturated rings. The molecule has 136 valence electrons. The molecule has 26 heavy (non-hydrogen) atoms. The van der Waals surface area contributed by atoms with Crippen molar-refractivity contribution in [1.29, 1.82) is 0 Å². The van der Waals surface area contributed by atoms with E-state index in [1.165, 1.54) is 0 Å². The number of fused-ring (bicyclic) bond motifs is 3. The Hall–Kier alpha value is -2.20. The summed E-state index contributed by atoms with van der Waals surface area (Å²) in [6.45, 7) is 4.30. The van der Waals surface area contributed by atoms with Crippen molar-refractivity contribution in [3.8, 4) is 11.5 Å². The van der Waals surface area contributed by atoms with E-state index in [-0.39, 0.29) is 6.04 Å². The molecule has 5 heteroatoms. The Kier molecular flexibility index (Phi) is 4.31. The van der Waals surface area contributed by atoms with Crippen LogP contribution >= 0.6 is 11.6 Å². The van der Waals surface area contributed by atoms with E-state index in [1.807, 2.05) is 30.3 Å². The topological polar surface area (TPSA) is 34.1 Å². The van der Waals surface area contributed by atoms with E-state index < -0.39 is 5.72 Å². The van der Waals surface area contributed by atoms with Crippen LogP contribution in [0, 0.1) is 0 Å². The predicted molar refractivity (Wildman–Crippen MR) is 104 cm³/mol. The van der Waals surface area contributed by atoms with E-state index in [1.54, 1.807) is 7.11 Å². The monoisotopic (exact) mass is 370 g/mol. The van der Waals surface area contributed by atoms with E-state index in [0.29, 0.717) is 0 Å². The molecule has 2 aliphatic rings. The van der Waals surface area contributed by atoms with E-state index in [0.717, 1.165) is 52.6 Å². The molecule has 0 amide bonds. The second-order valence-corrected chi connectivity index (χ2v) is 7.49. The SMILES string of the molecule is CCC[C@@]1(C)Oc2ccc(Cl)cc2[C@H]2CC(c3ccc(OC)cc3)=NN21. The highest BCUT2D eigenvalue weighted by Gasteiger charge is 2.47. The van der Waals surface area contributed by atoms with E-state index >= 15 is 0 Å². The molecule has 0 N–H and O–H groups in total. The van der Waals surface area contributed by atoms with Gasteiger partial charge in [-0.3, -0.25) is 0 Å². The zero-order chi connectivity index (χ0) is 18.3. The van der Waals surface area contributed by atoms with Crippen molar-refractivity contribution in [3.05, 3.63) is 58.6 Å². The van der Waals surface area contributed by atoms with Crippen molar-refractivity contribution in [3.63, 3.8) is 0 Å². The maximum atomic E-state index is 6.39. The molecule has 0 saturated carbocycles. The molecule has 2 aromatic rings. The average Bonchev–Trinajstić information content (AvgIpc) is 3.10. The molecule has 2 aliphatic heterocycles. The molecule has 2 atom stereocenters. The van der Waals surface area contributed by atoms with Crippen LogP contribution in [0.2, 0.25) is 5.02 Å². The van der Waals surface area contributed by atoms with Crippen LogP contribution in [0.15, 0.2) is 47.6 Å². The van der Waals surface area contributed by atoms with E-state index in [2.05, 4.69) is 31.0 Å². The molecule has 0 spiro atoms. The third kappa shape index (κ3) is 2.82. The van der Waals surface area contributed by atoms with Crippen LogP contribution in [-0.2, 0) is 0 Å². The number of benzene rings is 2. The number of methoxy groups -OCH3 is 1. The summed E-state index contributed by atoms with van der Waals surface area (Å²) >= 11 is 6.26. The van der Waals surface area contributed by atoms with Crippen LogP contribution in [-0.4, -0.2) is 23.6 Å². The number of hydrazone groups is 1. The van der Waals surface area contributed by atoms with Crippen LogP contribution in [0.3, 0.4) is 0 Å². The molecule has 0 radical (unpaired) electrons. The smallest absolute Gasteiger partial charge is 0.195 e. The summed E-state index contributed by atoms with van der Waals surface area (Å²) < 4.78 is 11.7. The highest BCUT2D eigenvalue weighted by molar-refractivity contribution is 6.30. The Morgan fingerprint density at radius 3 is 2.73 bits per heavy atom. The molecule has 0 bridgehead atoms. The lowest BCUT2D eigenvalue weighted by atomic mass is 9.94. The van der Waals surface area contributed by atoms with Crippen LogP contribution in [0.4, 0.5) is 0 Å². The third-order valence-corrected chi connectivity index (χ3v) is 5.43. The quantitative estimate of drug-likeness (QED) is 0.721. The van der Waals surface area contributed by atoms with Gasteiger partial charge in [0.05, 0.1) is 18.9 Å². The number of rotatable bonds is 4. The Bertz CT molecular complexity index is 850. The number of hydrogen-bond acceptors (Lipinski definition) is 4. The highest BCUT2D eigenvalue weighted by atomic mass is 35.5. The molecule has 4 nitrogen and oxygen atoms in total. The number of nitrogens with zero attached hydrogens (tertiary/aromatic N) is 2. The van der Waals surface area contributed by atoms with Gasteiger partial charge in [0.1, 0.15) is 11.5 Å². The van der Waals surface area contributed by atoms with Gasteiger partial charge in [-0.15, -0.1) is 0 Å². The van der Waals surface area contributed by atoms with E-state index in [4.69, 9.17) is 26.2 Å². The normalized spacial score (nSPS) is 23.8. The molecular weight excluding hydrogens is 348 g/mol. The van der Waals surface area contributed by atoms with Crippen molar-refractivity contribution < 1.29 is 9.47 Å². The first-order valence-electron chi connectivity index (χ1n) is 9.04. The van der Waals surface area contributed by atoms with Gasteiger partial charge < -0.3 is 9.47 Å². The fraction of sp³-hybridized carbons (Fsp3) is 0.381. The fourth-order valence-corrected chi connectivity index (χ4v) is 4.11. The van der Waals surface area contributed by atoms with Gasteiger partial charge >= 0.3 is 0 Å². The van der Waals surface area contributed by atoms with Crippen molar-refractivity contribution in [1.82, 2.24) is 5.01 Å². The van der Waals surface area contributed by atoms with Gasteiger partial charge in [0.2, 0.25) is 0 Å². The Morgan fingerprint density at radius 2 is 2.04 bits per heavy atom. The maximum Gasteiger partial charge on any atom is 0.195 e. The first-order valence-corrected chi connectivity index (χ1v) is 9.41.